The maximum absolute atomic E-state index is 13.8. The SMILES string of the molecule is CCCC1CCCN(C(CN)c2ccc(Br)c(F)c2)CC1. The van der Waals surface area contributed by atoms with Gasteiger partial charge in [-0.1, -0.05) is 25.8 Å². The van der Waals surface area contributed by atoms with Crippen molar-refractivity contribution in [3.05, 3.63) is 34.1 Å². The normalized spacial score (nSPS) is 22.0. The Morgan fingerprint density at radius 3 is 2.86 bits per heavy atom. The number of nitrogens with two attached hydrogens (primary N) is 1. The third-order valence-corrected chi connectivity index (χ3v) is 5.21. The highest BCUT2D eigenvalue weighted by molar-refractivity contribution is 9.10. The Balaban J connectivity index is 2.08. The van der Waals surface area contributed by atoms with E-state index in [1.54, 1.807) is 12.1 Å². The number of rotatable bonds is 5. The third kappa shape index (κ3) is 4.51. The van der Waals surface area contributed by atoms with Crippen LogP contribution in [-0.4, -0.2) is 24.5 Å². The van der Waals surface area contributed by atoms with E-state index in [-0.39, 0.29) is 11.9 Å². The van der Waals surface area contributed by atoms with E-state index in [1.807, 2.05) is 6.07 Å². The van der Waals surface area contributed by atoms with Gasteiger partial charge in [0.1, 0.15) is 5.82 Å². The Morgan fingerprint density at radius 2 is 2.19 bits per heavy atom. The first-order valence-electron chi connectivity index (χ1n) is 8.04. The molecule has 2 nitrogen and oxygen atoms in total. The minimum Gasteiger partial charge on any atom is -0.329 e. The maximum Gasteiger partial charge on any atom is 0.137 e. The summed E-state index contributed by atoms with van der Waals surface area (Å²) in [6.07, 6.45) is 6.37. The molecule has 118 valence electrons. The second-order valence-corrected chi connectivity index (χ2v) is 6.90. The molecule has 4 heteroatoms. The molecule has 1 saturated heterocycles. The van der Waals surface area contributed by atoms with E-state index in [9.17, 15) is 4.39 Å². The van der Waals surface area contributed by atoms with E-state index in [0.717, 1.165) is 24.6 Å². The summed E-state index contributed by atoms with van der Waals surface area (Å²) in [7, 11) is 0. The van der Waals surface area contributed by atoms with E-state index in [2.05, 4.69) is 27.8 Å². The highest BCUT2D eigenvalue weighted by Crippen LogP contribution is 2.29. The Kier molecular flexibility index (Phi) is 6.65. The molecule has 0 radical (unpaired) electrons. The molecule has 1 aromatic carbocycles. The number of halogens is 2. The molecule has 2 rings (SSSR count). The van der Waals surface area contributed by atoms with Crippen molar-refractivity contribution in [2.75, 3.05) is 19.6 Å². The number of likely N-dealkylation sites (tertiary alicyclic amines) is 1. The van der Waals surface area contributed by atoms with Crippen molar-refractivity contribution < 1.29 is 4.39 Å². The van der Waals surface area contributed by atoms with Gasteiger partial charge in [-0.15, -0.1) is 0 Å². The lowest BCUT2D eigenvalue weighted by Gasteiger charge is -2.30. The molecule has 0 aliphatic carbocycles. The van der Waals surface area contributed by atoms with E-state index in [1.165, 1.54) is 32.1 Å². The van der Waals surface area contributed by atoms with Gasteiger partial charge in [-0.05, 0) is 71.9 Å². The third-order valence-electron chi connectivity index (χ3n) is 4.57. The lowest BCUT2D eigenvalue weighted by Crippen LogP contribution is -2.34. The fourth-order valence-corrected chi connectivity index (χ4v) is 3.66. The van der Waals surface area contributed by atoms with Crippen LogP contribution in [0.4, 0.5) is 4.39 Å². The minimum atomic E-state index is -0.204. The van der Waals surface area contributed by atoms with Gasteiger partial charge >= 0.3 is 0 Å². The lowest BCUT2D eigenvalue weighted by molar-refractivity contribution is 0.206. The summed E-state index contributed by atoms with van der Waals surface area (Å²) in [5, 5.41) is 0. The second-order valence-electron chi connectivity index (χ2n) is 6.05. The number of benzene rings is 1. The van der Waals surface area contributed by atoms with Gasteiger partial charge in [0, 0.05) is 12.6 Å². The van der Waals surface area contributed by atoms with E-state index in [4.69, 9.17) is 5.73 Å². The first-order chi connectivity index (χ1) is 10.2. The van der Waals surface area contributed by atoms with Gasteiger partial charge in [0.2, 0.25) is 0 Å². The van der Waals surface area contributed by atoms with Crippen molar-refractivity contribution >= 4 is 15.9 Å². The zero-order valence-electron chi connectivity index (χ0n) is 12.8. The Bertz CT molecular complexity index is 452. The number of hydrogen-bond acceptors (Lipinski definition) is 2. The van der Waals surface area contributed by atoms with Crippen LogP contribution in [0.25, 0.3) is 0 Å². The van der Waals surface area contributed by atoms with Gasteiger partial charge in [-0.3, -0.25) is 4.90 Å². The van der Waals surface area contributed by atoms with Crippen LogP contribution in [0.3, 0.4) is 0 Å². The van der Waals surface area contributed by atoms with Crippen molar-refractivity contribution in [2.24, 2.45) is 11.7 Å². The zero-order chi connectivity index (χ0) is 15.2. The molecule has 2 unspecified atom stereocenters. The first-order valence-corrected chi connectivity index (χ1v) is 8.84. The highest BCUT2D eigenvalue weighted by atomic mass is 79.9. The van der Waals surface area contributed by atoms with E-state index in [0.29, 0.717) is 11.0 Å². The van der Waals surface area contributed by atoms with E-state index >= 15 is 0 Å². The Morgan fingerprint density at radius 1 is 1.38 bits per heavy atom. The minimum absolute atomic E-state index is 0.132. The largest absolute Gasteiger partial charge is 0.329 e. The molecule has 0 amide bonds. The molecule has 21 heavy (non-hydrogen) atoms. The van der Waals surface area contributed by atoms with Crippen LogP contribution in [0.2, 0.25) is 0 Å². The van der Waals surface area contributed by atoms with Crippen molar-refractivity contribution in [3.63, 3.8) is 0 Å². The van der Waals surface area contributed by atoms with Crippen molar-refractivity contribution in [2.45, 2.75) is 45.1 Å². The van der Waals surface area contributed by atoms with Gasteiger partial charge < -0.3 is 5.73 Å². The summed E-state index contributed by atoms with van der Waals surface area (Å²) in [5.74, 6) is 0.643. The Labute approximate surface area is 136 Å². The molecule has 1 heterocycles. The molecule has 1 fully saturated rings. The van der Waals surface area contributed by atoms with Crippen LogP contribution in [0.1, 0.15) is 50.6 Å². The summed E-state index contributed by atoms with van der Waals surface area (Å²) in [6, 6.07) is 5.52. The van der Waals surface area contributed by atoms with Crippen molar-refractivity contribution in [1.29, 1.82) is 0 Å². The predicted octanol–water partition coefficient (Wildman–Crippen LogP) is 4.49. The molecule has 0 saturated carbocycles. The molecule has 0 spiro atoms. The zero-order valence-corrected chi connectivity index (χ0v) is 14.4. The van der Waals surface area contributed by atoms with Crippen LogP contribution in [0, 0.1) is 11.7 Å². The topological polar surface area (TPSA) is 29.3 Å². The monoisotopic (exact) mass is 356 g/mol. The van der Waals surface area contributed by atoms with Crippen molar-refractivity contribution in [1.82, 2.24) is 4.90 Å². The number of nitrogens with zero attached hydrogens (tertiary/aromatic N) is 1. The molecule has 1 aromatic rings. The van der Waals surface area contributed by atoms with Crippen LogP contribution in [0.15, 0.2) is 22.7 Å². The molecular weight excluding hydrogens is 331 g/mol. The Hall–Kier alpha value is -0.450. The van der Waals surface area contributed by atoms with Crippen molar-refractivity contribution in [3.8, 4) is 0 Å². The molecule has 2 N–H and O–H groups in total. The van der Waals surface area contributed by atoms with Gasteiger partial charge in [0.25, 0.3) is 0 Å². The predicted molar refractivity (Wildman–Crippen MR) is 89.7 cm³/mol. The summed E-state index contributed by atoms with van der Waals surface area (Å²) in [6.45, 7) is 4.94. The quantitative estimate of drug-likeness (QED) is 0.841. The summed E-state index contributed by atoms with van der Waals surface area (Å²) < 4.78 is 14.3. The van der Waals surface area contributed by atoms with Crippen LogP contribution < -0.4 is 5.73 Å². The fourth-order valence-electron chi connectivity index (χ4n) is 3.41. The highest BCUT2D eigenvalue weighted by Gasteiger charge is 2.23. The van der Waals surface area contributed by atoms with Gasteiger partial charge in [0.15, 0.2) is 0 Å². The molecule has 1 aliphatic rings. The fraction of sp³-hybridized carbons (Fsp3) is 0.647. The molecule has 2 atom stereocenters. The summed E-state index contributed by atoms with van der Waals surface area (Å²) >= 11 is 3.21. The van der Waals surface area contributed by atoms with E-state index < -0.39 is 0 Å². The standard InChI is InChI=1S/C17H26BrFN2/c1-2-4-13-5-3-9-21(10-8-13)17(12-20)14-6-7-15(18)16(19)11-14/h6-7,11,13,17H,2-5,8-10,12,20H2,1H3. The number of hydrogen-bond donors (Lipinski definition) is 1. The van der Waals surface area contributed by atoms with Gasteiger partial charge in [0.05, 0.1) is 4.47 Å². The van der Waals surface area contributed by atoms with Gasteiger partial charge in [-0.2, -0.15) is 0 Å². The maximum atomic E-state index is 13.8. The smallest absolute Gasteiger partial charge is 0.137 e. The molecule has 0 bridgehead atoms. The second kappa shape index (κ2) is 8.25. The first kappa shape index (κ1) is 16.9. The summed E-state index contributed by atoms with van der Waals surface area (Å²) in [4.78, 5) is 2.44. The average Bonchev–Trinajstić information content (AvgIpc) is 2.70. The van der Waals surface area contributed by atoms with Crippen LogP contribution >= 0.6 is 15.9 Å². The molecular formula is C17H26BrFN2. The molecule has 1 aliphatic heterocycles. The van der Waals surface area contributed by atoms with Crippen LogP contribution in [0.5, 0.6) is 0 Å². The molecule has 0 aromatic heterocycles. The van der Waals surface area contributed by atoms with Crippen LogP contribution in [-0.2, 0) is 0 Å². The average molecular weight is 357 g/mol. The summed E-state index contributed by atoms with van der Waals surface area (Å²) in [5.41, 5.74) is 6.98. The van der Waals surface area contributed by atoms with Gasteiger partial charge in [-0.25, -0.2) is 4.39 Å². The lowest BCUT2D eigenvalue weighted by atomic mass is 9.96.